The van der Waals surface area contributed by atoms with Crippen LogP contribution in [0.4, 0.5) is 5.69 Å². The summed E-state index contributed by atoms with van der Waals surface area (Å²) in [6, 6.07) is 11.8. The van der Waals surface area contributed by atoms with E-state index >= 15 is 0 Å². The van der Waals surface area contributed by atoms with Crippen molar-refractivity contribution in [3.63, 3.8) is 0 Å². The molecule has 2 aromatic heterocycles. The van der Waals surface area contributed by atoms with Gasteiger partial charge >= 0.3 is 0 Å². The minimum absolute atomic E-state index is 0.654. The first kappa shape index (κ1) is 9.90. The third kappa shape index (κ3) is 1.65. The Balaban J connectivity index is 2.18. The van der Waals surface area contributed by atoms with Gasteiger partial charge in [0, 0.05) is 5.39 Å². The van der Waals surface area contributed by atoms with Crippen molar-refractivity contribution in [2.45, 2.75) is 6.92 Å². The molecule has 3 rings (SSSR count). The third-order valence-corrected chi connectivity index (χ3v) is 2.78. The Kier molecular flexibility index (Phi) is 2.11. The molecule has 0 unspecified atom stereocenters. The van der Waals surface area contributed by atoms with Crippen molar-refractivity contribution in [2.75, 3.05) is 5.73 Å². The number of fused-ring (bicyclic) bond motifs is 1. The van der Waals surface area contributed by atoms with Gasteiger partial charge in [-0.3, -0.25) is 4.98 Å². The fourth-order valence-corrected chi connectivity index (χ4v) is 1.89. The van der Waals surface area contributed by atoms with Crippen LogP contribution >= 0.6 is 0 Å². The van der Waals surface area contributed by atoms with Crippen LogP contribution in [0.1, 0.15) is 5.56 Å². The first-order valence-electron chi connectivity index (χ1n) is 5.45. The van der Waals surface area contributed by atoms with E-state index in [4.69, 9.17) is 10.2 Å². The molecule has 17 heavy (non-hydrogen) atoms. The Morgan fingerprint density at radius 2 is 2.06 bits per heavy atom. The number of aromatic nitrogens is 1. The summed E-state index contributed by atoms with van der Waals surface area (Å²) in [6.07, 6.45) is 1.63. The van der Waals surface area contributed by atoms with Crippen LogP contribution in [0, 0.1) is 6.92 Å². The number of furan rings is 1. The second-order valence-corrected chi connectivity index (χ2v) is 4.08. The molecule has 0 aliphatic heterocycles. The van der Waals surface area contributed by atoms with Gasteiger partial charge in [0.2, 0.25) is 0 Å². The van der Waals surface area contributed by atoms with Crippen LogP contribution in [0.5, 0.6) is 0 Å². The second kappa shape index (κ2) is 3.63. The lowest BCUT2D eigenvalue weighted by Gasteiger charge is -1.96. The van der Waals surface area contributed by atoms with Crippen molar-refractivity contribution < 1.29 is 4.42 Å². The molecule has 0 fully saturated rings. The van der Waals surface area contributed by atoms with E-state index in [2.05, 4.69) is 4.98 Å². The minimum atomic E-state index is 0.654. The van der Waals surface area contributed by atoms with Crippen molar-refractivity contribution >= 4 is 16.7 Å². The van der Waals surface area contributed by atoms with E-state index in [0.29, 0.717) is 5.69 Å². The minimum Gasteiger partial charge on any atom is -0.454 e. The van der Waals surface area contributed by atoms with Crippen LogP contribution in [0.15, 0.2) is 47.0 Å². The average Bonchev–Trinajstić information content (AvgIpc) is 2.75. The van der Waals surface area contributed by atoms with E-state index in [0.717, 1.165) is 28.0 Å². The van der Waals surface area contributed by atoms with Crippen LogP contribution in [-0.2, 0) is 0 Å². The molecule has 0 radical (unpaired) electrons. The van der Waals surface area contributed by atoms with Gasteiger partial charge in [0.05, 0.1) is 11.9 Å². The summed E-state index contributed by atoms with van der Waals surface area (Å²) >= 11 is 0. The van der Waals surface area contributed by atoms with Gasteiger partial charge in [-0.05, 0) is 30.7 Å². The predicted molar refractivity (Wildman–Crippen MR) is 68.6 cm³/mol. The van der Waals surface area contributed by atoms with Crippen molar-refractivity contribution in [3.05, 3.63) is 48.2 Å². The van der Waals surface area contributed by atoms with Gasteiger partial charge in [0.1, 0.15) is 11.3 Å². The van der Waals surface area contributed by atoms with E-state index < -0.39 is 0 Å². The quantitative estimate of drug-likeness (QED) is 0.689. The van der Waals surface area contributed by atoms with Gasteiger partial charge in [0.15, 0.2) is 5.76 Å². The molecule has 0 bridgehead atoms. The average molecular weight is 224 g/mol. The maximum Gasteiger partial charge on any atom is 0.153 e. The number of rotatable bonds is 1. The molecule has 0 saturated carbocycles. The third-order valence-electron chi connectivity index (χ3n) is 2.78. The standard InChI is InChI=1S/C14H12N2O/c1-9-3-2-4-10-7-13(17-14(9)10)12-6-5-11(15)8-16-12/h2-8H,15H2,1H3. The Labute approximate surface area is 98.9 Å². The number of aryl methyl sites for hydroxylation is 1. The summed E-state index contributed by atoms with van der Waals surface area (Å²) < 4.78 is 5.82. The Hall–Kier alpha value is -2.29. The number of hydrogen-bond donors (Lipinski definition) is 1. The van der Waals surface area contributed by atoms with Crippen LogP contribution in [0.3, 0.4) is 0 Å². The molecule has 3 aromatic rings. The summed E-state index contributed by atoms with van der Waals surface area (Å²) in [7, 11) is 0. The van der Waals surface area contributed by atoms with E-state index in [1.54, 1.807) is 6.20 Å². The highest BCUT2D eigenvalue weighted by Crippen LogP contribution is 2.28. The highest BCUT2D eigenvalue weighted by molar-refractivity contribution is 5.84. The van der Waals surface area contributed by atoms with Gasteiger partial charge < -0.3 is 10.2 Å². The molecule has 0 aliphatic carbocycles. The summed E-state index contributed by atoms with van der Waals surface area (Å²) in [6.45, 7) is 2.03. The fourth-order valence-electron chi connectivity index (χ4n) is 1.89. The number of anilines is 1. The Morgan fingerprint density at radius 1 is 1.18 bits per heavy atom. The zero-order valence-electron chi connectivity index (χ0n) is 9.47. The van der Waals surface area contributed by atoms with Crippen LogP contribution in [0.25, 0.3) is 22.4 Å². The zero-order valence-corrected chi connectivity index (χ0v) is 9.47. The molecule has 3 nitrogen and oxygen atoms in total. The molecule has 0 spiro atoms. The summed E-state index contributed by atoms with van der Waals surface area (Å²) in [5, 5.41) is 1.10. The van der Waals surface area contributed by atoms with Crippen molar-refractivity contribution in [1.82, 2.24) is 4.98 Å². The maximum atomic E-state index is 5.82. The first-order chi connectivity index (χ1) is 8.24. The molecule has 0 saturated heterocycles. The number of benzene rings is 1. The smallest absolute Gasteiger partial charge is 0.153 e. The maximum absolute atomic E-state index is 5.82. The molecule has 2 heterocycles. The number of nitrogens with zero attached hydrogens (tertiary/aromatic N) is 1. The normalized spacial score (nSPS) is 10.9. The highest BCUT2D eigenvalue weighted by Gasteiger charge is 2.08. The summed E-state index contributed by atoms with van der Waals surface area (Å²) in [5.41, 5.74) is 9.11. The topological polar surface area (TPSA) is 52.0 Å². The molecule has 3 heteroatoms. The molecule has 84 valence electrons. The number of pyridine rings is 1. The van der Waals surface area contributed by atoms with Gasteiger partial charge in [-0.1, -0.05) is 18.2 Å². The molecular formula is C14H12N2O. The number of nitrogens with two attached hydrogens (primary N) is 1. The fraction of sp³-hybridized carbons (Fsp3) is 0.0714. The van der Waals surface area contributed by atoms with Crippen molar-refractivity contribution in [3.8, 4) is 11.5 Å². The zero-order chi connectivity index (χ0) is 11.8. The van der Waals surface area contributed by atoms with Crippen LogP contribution < -0.4 is 5.73 Å². The van der Waals surface area contributed by atoms with E-state index in [1.807, 2.05) is 43.3 Å². The lowest BCUT2D eigenvalue weighted by Crippen LogP contribution is -1.86. The predicted octanol–water partition coefficient (Wildman–Crippen LogP) is 3.39. The summed E-state index contributed by atoms with van der Waals surface area (Å²) in [4.78, 5) is 4.25. The van der Waals surface area contributed by atoms with Crippen molar-refractivity contribution in [2.24, 2.45) is 0 Å². The number of nitrogen functional groups attached to an aromatic ring is 1. The molecule has 2 N–H and O–H groups in total. The van der Waals surface area contributed by atoms with E-state index in [-0.39, 0.29) is 0 Å². The molecule has 0 atom stereocenters. The van der Waals surface area contributed by atoms with E-state index in [9.17, 15) is 0 Å². The Bertz CT molecular complexity index is 668. The summed E-state index contributed by atoms with van der Waals surface area (Å²) in [5.74, 6) is 0.773. The SMILES string of the molecule is Cc1cccc2cc(-c3ccc(N)cn3)oc12. The number of para-hydroxylation sites is 1. The molecular weight excluding hydrogens is 212 g/mol. The van der Waals surface area contributed by atoms with E-state index in [1.165, 1.54) is 0 Å². The molecule has 0 aliphatic rings. The first-order valence-corrected chi connectivity index (χ1v) is 5.45. The second-order valence-electron chi connectivity index (χ2n) is 4.08. The molecule has 1 aromatic carbocycles. The lowest BCUT2D eigenvalue weighted by atomic mass is 10.2. The van der Waals surface area contributed by atoms with Gasteiger partial charge in [0.25, 0.3) is 0 Å². The Morgan fingerprint density at radius 3 is 2.76 bits per heavy atom. The van der Waals surface area contributed by atoms with Crippen molar-refractivity contribution in [1.29, 1.82) is 0 Å². The highest BCUT2D eigenvalue weighted by atomic mass is 16.3. The monoisotopic (exact) mass is 224 g/mol. The van der Waals surface area contributed by atoms with Crippen LogP contribution in [0.2, 0.25) is 0 Å². The van der Waals surface area contributed by atoms with Gasteiger partial charge in [-0.2, -0.15) is 0 Å². The lowest BCUT2D eigenvalue weighted by molar-refractivity contribution is 0.626. The van der Waals surface area contributed by atoms with Crippen LogP contribution in [-0.4, -0.2) is 4.98 Å². The van der Waals surface area contributed by atoms with Gasteiger partial charge in [-0.25, -0.2) is 0 Å². The number of hydrogen-bond acceptors (Lipinski definition) is 3. The van der Waals surface area contributed by atoms with Gasteiger partial charge in [-0.15, -0.1) is 0 Å². The largest absolute Gasteiger partial charge is 0.454 e. The molecule has 0 amide bonds.